The molecule has 1 nitrogen and oxygen atoms in total. The van der Waals surface area contributed by atoms with Crippen molar-refractivity contribution >= 4 is 11.1 Å². The van der Waals surface area contributed by atoms with Crippen LogP contribution in [0, 0.1) is 0 Å². The molecule has 1 aromatic heterocycles. The second-order valence-corrected chi connectivity index (χ2v) is 4.78. The molecule has 0 saturated heterocycles. The number of rotatable bonds is 5. The van der Waals surface area contributed by atoms with Gasteiger partial charge in [-0.15, -0.1) is 0 Å². The molecule has 0 aliphatic heterocycles. The zero-order chi connectivity index (χ0) is 13.7. The number of pyridine rings is 1. The molecule has 0 fully saturated rings. The van der Waals surface area contributed by atoms with Crippen LogP contribution < -0.4 is 4.57 Å². The summed E-state index contributed by atoms with van der Waals surface area (Å²) in [6.07, 6.45) is 3.04. The van der Waals surface area contributed by atoms with Crippen LogP contribution in [0.2, 0.25) is 0 Å². The van der Waals surface area contributed by atoms with Crippen LogP contribution in [-0.2, 0) is 6.54 Å². The molecule has 1 heterocycles. The fourth-order valence-corrected chi connectivity index (χ4v) is 2.13. The third-order valence-electron chi connectivity index (χ3n) is 3.21. The first-order valence-corrected chi connectivity index (χ1v) is 6.56. The summed E-state index contributed by atoms with van der Waals surface area (Å²) in [6.45, 7) is 11.2. The van der Waals surface area contributed by atoms with Crippen molar-refractivity contribution in [3.05, 3.63) is 79.1 Å². The molecule has 0 aliphatic rings. The number of aromatic nitrogens is 1. The van der Waals surface area contributed by atoms with Gasteiger partial charge in [-0.3, -0.25) is 0 Å². The summed E-state index contributed by atoms with van der Waals surface area (Å²) < 4.78 is 2.23. The van der Waals surface area contributed by atoms with E-state index < -0.39 is 0 Å². The molecule has 96 valence electrons. The molecule has 0 radical (unpaired) electrons. The standard InChI is InChI=1S/C18H20N/c1-15(2)18-11-7-8-13-19(18)14-12-16(3)17-9-5-4-6-10-17/h4-11,13H,1,3,12,14H2,2H3/q+1. The second-order valence-electron chi connectivity index (χ2n) is 4.78. The van der Waals surface area contributed by atoms with Gasteiger partial charge in [-0.1, -0.05) is 43.5 Å². The summed E-state index contributed by atoms with van der Waals surface area (Å²) in [5, 5.41) is 0. The average Bonchev–Trinajstić information content (AvgIpc) is 2.46. The van der Waals surface area contributed by atoms with E-state index in [0.29, 0.717) is 0 Å². The highest BCUT2D eigenvalue weighted by Crippen LogP contribution is 2.15. The zero-order valence-corrected chi connectivity index (χ0v) is 11.5. The van der Waals surface area contributed by atoms with Crippen LogP contribution >= 0.6 is 0 Å². The van der Waals surface area contributed by atoms with Crippen LogP contribution in [-0.4, -0.2) is 0 Å². The van der Waals surface area contributed by atoms with E-state index in [2.05, 4.69) is 60.3 Å². The Morgan fingerprint density at radius 2 is 1.68 bits per heavy atom. The number of hydrogen-bond donors (Lipinski definition) is 0. The highest BCUT2D eigenvalue weighted by molar-refractivity contribution is 5.62. The Kier molecular flexibility index (Phi) is 4.30. The van der Waals surface area contributed by atoms with E-state index in [1.807, 2.05) is 19.1 Å². The monoisotopic (exact) mass is 250 g/mol. The van der Waals surface area contributed by atoms with Crippen LogP contribution in [0.15, 0.2) is 67.9 Å². The number of hydrogen-bond acceptors (Lipinski definition) is 0. The second kappa shape index (κ2) is 6.14. The largest absolute Gasteiger partial charge is 0.207 e. The molecule has 19 heavy (non-hydrogen) atoms. The summed E-state index contributed by atoms with van der Waals surface area (Å²) in [5.41, 5.74) is 4.66. The van der Waals surface area contributed by atoms with Gasteiger partial charge in [0.15, 0.2) is 12.7 Å². The van der Waals surface area contributed by atoms with Gasteiger partial charge in [0, 0.05) is 24.1 Å². The molecule has 1 heteroatoms. The van der Waals surface area contributed by atoms with E-state index in [4.69, 9.17) is 0 Å². The number of allylic oxidation sites excluding steroid dienone is 2. The lowest BCUT2D eigenvalue weighted by molar-refractivity contribution is -0.698. The zero-order valence-electron chi connectivity index (χ0n) is 11.5. The van der Waals surface area contributed by atoms with E-state index in [-0.39, 0.29) is 0 Å². The predicted octanol–water partition coefficient (Wildman–Crippen LogP) is 4.11. The minimum atomic E-state index is 0.927. The Morgan fingerprint density at radius 1 is 1.00 bits per heavy atom. The summed E-state index contributed by atoms with van der Waals surface area (Å²) >= 11 is 0. The van der Waals surface area contributed by atoms with Gasteiger partial charge in [0.1, 0.15) is 0 Å². The summed E-state index contributed by atoms with van der Waals surface area (Å²) in [4.78, 5) is 0. The molecule has 0 amide bonds. The molecule has 0 unspecified atom stereocenters. The molecule has 1 aromatic carbocycles. The van der Waals surface area contributed by atoms with E-state index >= 15 is 0 Å². The van der Waals surface area contributed by atoms with E-state index in [9.17, 15) is 0 Å². The Bertz CT molecular complexity index is 582. The Morgan fingerprint density at radius 3 is 2.37 bits per heavy atom. The normalized spacial score (nSPS) is 10.2. The van der Waals surface area contributed by atoms with Gasteiger partial charge >= 0.3 is 0 Å². The maximum Gasteiger partial charge on any atom is 0.207 e. The highest BCUT2D eigenvalue weighted by Gasteiger charge is 2.10. The maximum atomic E-state index is 4.18. The fourth-order valence-electron chi connectivity index (χ4n) is 2.13. The molecular weight excluding hydrogens is 230 g/mol. The predicted molar refractivity (Wildman–Crippen MR) is 81.4 cm³/mol. The van der Waals surface area contributed by atoms with Gasteiger partial charge in [0.05, 0.1) is 0 Å². The van der Waals surface area contributed by atoms with Crippen molar-refractivity contribution in [2.24, 2.45) is 0 Å². The molecule has 0 aliphatic carbocycles. The van der Waals surface area contributed by atoms with Crippen molar-refractivity contribution < 1.29 is 4.57 Å². The van der Waals surface area contributed by atoms with Crippen LogP contribution in [0.25, 0.3) is 11.1 Å². The van der Waals surface area contributed by atoms with Crippen LogP contribution in [0.5, 0.6) is 0 Å². The molecular formula is C18H20N+. The van der Waals surface area contributed by atoms with Gasteiger partial charge in [0.2, 0.25) is 5.69 Å². The number of nitrogens with zero attached hydrogens (tertiary/aromatic N) is 1. The Hall–Kier alpha value is -2.15. The Balaban J connectivity index is 2.07. The van der Waals surface area contributed by atoms with E-state index in [1.165, 1.54) is 16.8 Å². The summed E-state index contributed by atoms with van der Waals surface area (Å²) in [6, 6.07) is 16.6. The lowest BCUT2D eigenvalue weighted by Gasteiger charge is -2.06. The van der Waals surface area contributed by atoms with Crippen molar-refractivity contribution in [2.45, 2.75) is 19.9 Å². The highest BCUT2D eigenvalue weighted by atomic mass is 14.9. The molecule has 0 bridgehead atoms. The molecule has 0 atom stereocenters. The van der Waals surface area contributed by atoms with Crippen molar-refractivity contribution in [3.63, 3.8) is 0 Å². The molecule has 2 aromatic rings. The quantitative estimate of drug-likeness (QED) is 0.703. The minimum absolute atomic E-state index is 0.927. The van der Waals surface area contributed by atoms with Gasteiger partial charge in [-0.2, -0.15) is 4.57 Å². The summed E-state index contributed by atoms with van der Waals surface area (Å²) in [5.74, 6) is 0. The first-order chi connectivity index (χ1) is 9.18. The lowest BCUT2D eigenvalue weighted by Crippen LogP contribution is -2.37. The minimum Gasteiger partial charge on any atom is -0.198 e. The Labute approximate surface area is 115 Å². The SMILES string of the molecule is C=C(CC[n+]1ccccc1C(=C)C)c1ccccc1. The first-order valence-electron chi connectivity index (χ1n) is 6.56. The molecule has 0 spiro atoms. The van der Waals surface area contributed by atoms with Gasteiger partial charge in [-0.25, -0.2) is 0 Å². The number of aryl methyl sites for hydroxylation is 1. The van der Waals surface area contributed by atoms with Gasteiger partial charge in [0.25, 0.3) is 0 Å². The van der Waals surface area contributed by atoms with Crippen molar-refractivity contribution in [2.75, 3.05) is 0 Å². The van der Waals surface area contributed by atoms with Gasteiger partial charge < -0.3 is 0 Å². The lowest BCUT2D eigenvalue weighted by atomic mass is 10.0. The first kappa shape index (κ1) is 13.3. The van der Waals surface area contributed by atoms with Gasteiger partial charge in [-0.05, 0) is 24.1 Å². The topological polar surface area (TPSA) is 3.88 Å². The van der Waals surface area contributed by atoms with Crippen molar-refractivity contribution in [3.8, 4) is 0 Å². The summed E-state index contributed by atoms with van der Waals surface area (Å²) in [7, 11) is 0. The van der Waals surface area contributed by atoms with E-state index in [0.717, 1.165) is 18.5 Å². The average molecular weight is 250 g/mol. The molecule has 2 rings (SSSR count). The fraction of sp³-hybridized carbons (Fsp3) is 0.167. The van der Waals surface area contributed by atoms with Crippen LogP contribution in [0.1, 0.15) is 24.6 Å². The molecule has 0 saturated carbocycles. The van der Waals surface area contributed by atoms with Crippen molar-refractivity contribution in [1.82, 2.24) is 0 Å². The third kappa shape index (κ3) is 3.41. The van der Waals surface area contributed by atoms with Crippen LogP contribution in [0.3, 0.4) is 0 Å². The third-order valence-corrected chi connectivity index (χ3v) is 3.21. The molecule has 0 N–H and O–H groups in total. The van der Waals surface area contributed by atoms with Crippen molar-refractivity contribution in [1.29, 1.82) is 0 Å². The van der Waals surface area contributed by atoms with Crippen LogP contribution in [0.4, 0.5) is 0 Å². The smallest absolute Gasteiger partial charge is 0.198 e. The maximum absolute atomic E-state index is 4.18. The van der Waals surface area contributed by atoms with E-state index in [1.54, 1.807) is 0 Å². The number of benzene rings is 1.